The molecule has 0 amide bonds. The standard InChI is InChI=1S/C13H21BrOSi/c1-13(2,3)16(4,11-14)15-10-12-8-6-5-7-9-12/h5-9H,10-11H2,1-4H3. The van der Waals surface area contributed by atoms with Gasteiger partial charge < -0.3 is 4.43 Å². The Balaban J connectivity index is 2.66. The Hall–Kier alpha value is -0.123. The summed E-state index contributed by atoms with van der Waals surface area (Å²) in [6.07, 6.45) is 0. The number of alkyl halides is 1. The average molecular weight is 301 g/mol. The summed E-state index contributed by atoms with van der Waals surface area (Å²) in [5.41, 5.74) is 1.26. The van der Waals surface area contributed by atoms with Crippen LogP contribution in [-0.4, -0.2) is 13.3 Å². The molecule has 0 aliphatic carbocycles. The predicted octanol–water partition coefficient (Wildman–Crippen LogP) is 4.51. The lowest BCUT2D eigenvalue weighted by molar-refractivity contribution is 0.276. The molecule has 0 bridgehead atoms. The maximum Gasteiger partial charge on any atom is 0.205 e. The molecule has 3 heteroatoms. The Morgan fingerprint density at radius 2 is 1.75 bits per heavy atom. The van der Waals surface area contributed by atoms with Gasteiger partial charge in [0.05, 0.1) is 6.61 Å². The van der Waals surface area contributed by atoms with Gasteiger partial charge in [-0.25, -0.2) is 0 Å². The van der Waals surface area contributed by atoms with Gasteiger partial charge in [-0.2, -0.15) is 0 Å². The highest BCUT2D eigenvalue weighted by Crippen LogP contribution is 2.38. The Kier molecular flexibility index (Phi) is 4.77. The Bertz CT molecular complexity index is 320. The van der Waals surface area contributed by atoms with Gasteiger partial charge in [0.1, 0.15) is 0 Å². The van der Waals surface area contributed by atoms with Gasteiger partial charge in [0.25, 0.3) is 0 Å². The van der Waals surface area contributed by atoms with Crippen LogP contribution in [0.25, 0.3) is 0 Å². The van der Waals surface area contributed by atoms with Gasteiger partial charge >= 0.3 is 0 Å². The summed E-state index contributed by atoms with van der Waals surface area (Å²) in [5, 5.41) is 0.255. The van der Waals surface area contributed by atoms with E-state index in [1.165, 1.54) is 5.56 Å². The zero-order chi connectivity index (χ0) is 12.2. The van der Waals surface area contributed by atoms with Crippen molar-refractivity contribution in [2.75, 3.05) is 4.95 Å². The zero-order valence-electron chi connectivity index (χ0n) is 10.6. The highest BCUT2D eigenvalue weighted by Gasteiger charge is 2.41. The van der Waals surface area contributed by atoms with Crippen molar-refractivity contribution in [1.82, 2.24) is 0 Å². The van der Waals surface area contributed by atoms with Crippen molar-refractivity contribution in [2.45, 2.75) is 39.0 Å². The van der Waals surface area contributed by atoms with Gasteiger partial charge in [-0.1, -0.05) is 67.0 Å². The highest BCUT2D eigenvalue weighted by molar-refractivity contribution is 9.09. The second kappa shape index (κ2) is 5.47. The minimum atomic E-state index is -1.69. The van der Waals surface area contributed by atoms with E-state index in [0.29, 0.717) is 0 Å². The lowest BCUT2D eigenvalue weighted by Crippen LogP contribution is -2.46. The van der Waals surface area contributed by atoms with E-state index in [1.807, 2.05) is 6.07 Å². The number of hydrogen-bond donors (Lipinski definition) is 0. The summed E-state index contributed by atoms with van der Waals surface area (Å²) < 4.78 is 6.22. The van der Waals surface area contributed by atoms with Crippen molar-refractivity contribution in [2.24, 2.45) is 0 Å². The third-order valence-electron chi connectivity index (χ3n) is 3.24. The van der Waals surface area contributed by atoms with E-state index in [1.54, 1.807) is 0 Å². The van der Waals surface area contributed by atoms with Gasteiger partial charge in [0, 0.05) is 4.95 Å². The monoisotopic (exact) mass is 300 g/mol. The van der Waals surface area contributed by atoms with Crippen molar-refractivity contribution in [3.8, 4) is 0 Å². The average Bonchev–Trinajstić information content (AvgIpc) is 2.26. The normalized spacial score (nSPS) is 15.8. The molecule has 90 valence electrons. The quantitative estimate of drug-likeness (QED) is 0.587. The molecule has 0 aliphatic rings. The number of rotatable bonds is 4. The van der Waals surface area contributed by atoms with E-state index in [4.69, 9.17) is 4.43 Å². The van der Waals surface area contributed by atoms with Gasteiger partial charge in [-0.3, -0.25) is 0 Å². The summed E-state index contributed by atoms with van der Waals surface area (Å²) in [6, 6.07) is 10.4. The maximum absolute atomic E-state index is 6.22. The minimum absolute atomic E-state index is 0.255. The number of halogens is 1. The first-order chi connectivity index (χ1) is 7.39. The molecule has 0 radical (unpaired) electrons. The SMILES string of the molecule is CC(C)(C)[Si](C)(CBr)OCc1ccccc1. The van der Waals surface area contributed by atoms with E-state index in [9.17, 15) is 0 Å². The summed E-state index contributed by atoms with van der Waals surface area (Å²) in [5.74, 6) is 0. The van der Waals surface area contributed by atoms with E-state index in [-0.39, 0.29) is 5.04 Å². The van der Waals surface area contributed by atoms with Crippen LogP contribution in [-0.2, 0) is 11.0 Å². The fourth-order valence-corrected chi connectivity index (χ4v) is 5.68. The molecule has 16 heavy (non-hydrogen) atoms. The van der Waals surface area contributed by atoms with Crippen molar-refractivity contribution in [3.63, 3.8) is 0 Å². The van der Waals surface area contributed by atoms with Crippen molar-refractivity contribution < 1.29 is 4.43 Å². The van der Waals surface area contributed by atoms with Crippen molar-refractivity contribution >= 4 is 24.2 Å². The summed E-state index contributed by atoms with van der Waals surface area (Å²) in [4.78, 5) is 0.982. The van der Waals surface area contributed by atoms with Gasteiger partial charge in [-0.05, 0) is 17.1 Å². The fourth-order valence-electron chi connectivity index (χ4n) is 1.27. The summed E-state index contributed by atoms with van der Waals surface area (Å²) in [7, 11) is -1.69. The minimum Gasteiger partial charge on any atom is -0.411 e. The first-order valence-corrected chi connectivity index (χ1v) is 9.36. The molecule has 0 heterocycles. The Labute approximate surface area is 108 Å². The van der Waals surface area contributed by atoms with Crippen LogP contribution in [0.2, 0.25) is 11.6 Å². The molecule has 0 saturated carbocycles. The van der Waals surface area contributed by atoms with E-state index in [2.05, 4.69) is 67.5 Å². The van der Waals surface area contributed by atoms with Crippen molar-refractivity contribution in [3.05, 3.63) is 35.9 Å². The number of benzene rings is 1. The molecule has 1 aromatic carbocycles. The lowest BCUT2D eigenvalue weighted by Gasteiger charge is -2.38. The molecular weight excluding hydrogens is 280 g/mol. The van der Waals surface area contributed by atoms with E-state index >= 15 is 0 Å². The molecule has 0 spiro atoms. The molecule has 0 N–H and O–H groups in total. The number of hydrogen-bond acceptors (Lipinski definition) is 1. The zero-order valence-corrected chi connectivity index (χ0v) is 13.2. The van der Waals surface area contributed by atoms with Crippen molar-refractivity contribution in [1.29, 1.82) is 0 Å². The molecule has 0 aliphatic heterocycles. The van der Waals surface area contributed by atoms with Gasteiger partial charge in [0.2, 0.25) is 8.32 Å². The first kappa shape index (κ1) is 13.9. The van der Waals surface area contributed by atoms with Crippen LogP contribution in [0.4, 0.5) is 0 Å². The second-order valence-corrected chi connectivity index (χ2v) is 11.6. The molecule has 1 aromatic rings. The topological polar surface area (TPSA) is 9.23 Å². The molecule has 1 atom stereocenters. The van der Waals surface area contributed by atoms with Gasteiger partial charge in [0.15, 0.2) is 0 Å². The van der Waals surface area contributed by atoms with E-state index < -0.39 is 8.32 Å². The maximum atomic E-state index is 6.22. The molecule has 1 unspecified atom stereocenters. The molecule has 1 nitrogen and oxygen atoms in total. The van der Waals surface area contributed by atoms with Crippen LogP contribution >= 0.6 is 15.9 Å². The lowest BCUT2D eigenvalue weighted by atomic mass is 10.2. The molecule has 1 rings (SSSR count). The third-order valence-corrected chi connectivity index (χ3v) is 10.9. The third kappa shape index (κ3) is 3.44. The molecular formula is C13H21BrOSi. The summed E-state index contributed by atoms with van der Waals surface area (Å²) >= 11 is 3.62. The fraction of sp³-hybridized carbons (Fsp3) is 0.538. The summed E-state index contributed by atoms with van der Waals surface area (Å²) in [6.45, 7) is 9.83. The van der Waals surface area contributed by atoms with E-state index in [0.717, 1.165) is 11.6 Å². The second-order valence-electron chi connectivity index (χ2n) is 5.39. The Morgan fingerprint density at radius 3 is 2.19 bits per heavy atom. The van der Waals surface area contributed by atoms with Crippen LogP contribution in [0.3, 0.4) is 0 Å². The van der Waals surface area contributed by atoms with Crippen LogP contribution in [0.1, 0.15) is 26.3 Å². The first-order valence-electron chi connectivity index (χ1n) is 5.63. The smallest absolute Gasteiger partial charge is 0.205 e. The Morgan fingerprint density at radius 1 is 1.19 bits per heavy atom. The molecule has 0 saturated heterocycles. The predicted molar refractivity (Wildman–Crippen MR) is 76.4 cm³/mol. The highest BCUT2D eigenvalue weighted by atomic mass is 79.9. The van der Waals surface area contributed by atoms with Crippen LogP contribution in [0.15, 0.2) is 30.3 Å². The molecule has 0 fully saturated rings. The molecule has 0 aromatic heterocycles. The van der Waals surface area contributed by atoms with Gasteiger partial charge in [-0.15, -0.1) is 0 Å². The van der Waals surface area contributed by atoms with Crippen LogP contribution in [0.5, 0.6) is 0 Å². The van der Waals surface area contributed by atoms with Crippen LogP contribution in [0, 0.1) is 0 Å². The largest absolute Gasteiger partial charge is 0.411 e. The van der Waals surface area contributed by atoms with Crippen LogP contribution < -0.4 is 0 Å².